The maximum Gasteiger partial charge on any atom is 0.165 e. The molecule has 1 spiro atoms. The Morgan fingerprint density at radius 3 is 2.89 bits per heavy atom. The van der Waals surface area contributed by atoms with Gasteiger partial charge in [0.25, 0.3) is 0 Å². The zero-order chi connectivity index (χ0) is 18.9. The van der Waals surface area contributed by atoms with Crippen molar-refractivity contribution in [2.45, 2.75) is 43.1 Å². The van der Waals surface area contributed by atoms with Crippen LogP contribution < -0.4 is 4.74 Å². The van der Waals surface area contributed by atoms with Crippen LogP contribution >= 0.6 is 0 Å². The van der Waals surface area contributed by atoms with Crippen LogP contribution in [0.3, 0.4) is 0 Å². The van der Waals surface area contributed by atoms with Crippen LogP contribution in [-0.2, 0) is 23.2 Å². The normalized spacial score (nSPS) is 34.8. The van der Waals surface area contributed by atoms with E-state index < -0.39 is 0 Å². The molecule has 0 N–H and O–H groups in total. The minimum atomic E-state index is -0.236. The van der Waals surface area contributed by atoms with Gasteiger partial charge >= 0.3 is 0 Å². The zero-order valence-electron chi connectivity index (χ0n) is 16.0. The minimum absolute atomic E-state index is 0.159. The van der Waals surface area contributed by atoms with Gasteiger partial charge in [-0.25, -0.2) is 4.39 Å². The number of halogens is 1. The molecule has 4 heteroatoms. The number of hydrogen-bond donors (Lipinski definition) is 0. The number of likely N-dealkylation sites (N-methyl/N-ethyl adjacent to an activating group) is 1. The Bertz CT molecular complexity index is 959. The Hall–Kier alpha value is -2.17. The molecular formula is C24H24FNO2. The first-order chi connectivity index (χ1) is 13.7. The summed E-state index contributed by atoms with van der Waals surface area (Å²) >= 11 is 0. The molecule has 3 nitrogen and oxygen atoms in total. The monoisotopic (exact) mass is 377 g/mol. The van der Waals surface area contributed by atoms with Crippen LogP contribution in [0.25, 0.3) is 0 Å². The third-order valence-electron chi connectivity index (χ3n) is 7.39. The number of likely N-dealkylation sites (tertiary alicyclic amines) is 1. The van der Waals surface area contributed by atoms with Crippen molar-refractivity contribution in [3.63, 3.8) is 0 Å². The second-order valence-electron chi connectivity index (χ2n) is 8.66. The molecule has 1 fully saturated rings. The summed E-state index contributed by atoms with van der Waals surface area (Å²) in [7, 11) is 2.21. The van der Waals surface area contributed by atoms with E-state index in [0.29, 0.717) is 24.3 Å². The van der Waals surface area contributed by atoms with Crippen LogP contribution in [0.1, 0.15) is 23.1 Å². The predicted molar refractivity (Wildman–Crippen MR) is 105 cm³/mol. The summed E-state index contributed by atoms with van der Waals surface area (Å²) in [6.45, 7) is 1.54. The molecule has 5 unspecified atom stereocenters. The fraction of sp³-hybridized carbons (Fsp3) is 0.417. The van der Waals surface area contributed by atoms with Gasteiger partial charge < -0.3 is 14.4 Å². The van der Waals surface area contributed by atoms with Gasteiger partial charge in [-0.05, 0) is 43.6 Å². The molecule has 6 rings (SSSR count). The molecule has 2 aromatic rings. The average Bonchev–Trinajstić information content (AvgIpc) is 3.07. The number of ether oxygens (including phenoxy) is 2. The van der Waals surface area contributed by atoms with E-state index in [1.807, 2.05) is 24.3 Å². The largest absolute Gasteiger partial charge is 0.483 e. The van der Waals surface area contributed by atoms with Gasteiger partial charge in [-0.15, -0.1) is 0 Å². The van der Waals surface area contributed by atoms with Crippen molar-refractivity contribution in [1.82, 2.24) is 4.90 Å². The molecule has 144 valence electrons. The second-order valence-corrected chi connectivity index (χ2v) is 8.66. The van der Waals surface area contributed by atoms with Crippen LogP contribution in [-0.4, -0.2) is 36.7 Å². The van der Waals surface area contributed by atoms with E-state index in [1.165, 1.54) is 5.56 Å². The lowest BCUT2D eigenvalue weighted by atomic mass is 9.53. The lowest BCUT2D eigenvalue weighted by Gasteiger charge is -2.56. The molecular weight excluding hydrogens is 353 g/mol. The molecule has 0 aromatic heterocycles. The number of hydrogen-bond acceptors (Lipinski definition) is 3. The van der Waals surface area contributed by atoms with Gasteiger partial charge in [-0.1, -0.05) is 48.6 Å². The fourth-order valence-electron chi connectivity index (χ4n) is 6.11. The van der Waals surface area contributed by atoms with E-state index in [1.54, 1.807) is 6.07 Å². The SMILES string of the molecule is CN1CCC23c4c5ccc(F)c4OC2C(OCc2ccccc2)C=CC3C1C5. The van der Waals surface area contributed by atoms with E-state index in [-0.39, 0.29) is 23.4 Å². The molecule has 28 heavy (non-hydrogen) atoms. The van der Waals surface area contributed by atoms with Crippen LogP contribution in [0.2, 0.25) is 0 Å². The highest BCUT2D eigenvalue weighted by molar-refractivity contribution is 5.57. The molecule has 5 atom stereocenters. The Morgan fingerprint density at radius 1 is 1.18 bits per heavy atom. The van der Waals surface area contributed by atoms with E-state index in [0.717, 1.165) is 30.5 Å². The van der Waals surface area contributed by atoms with Crippen LogP contribution in [0, 0.1) is 11.7 Å². The molecule has 0 amide bonds. The van der Waals surface area contributed by atoms with Gasteiger partial charge in [0.05, 0.1) is 6.61 Å². The summed E-state index contributed by atoms with van der Waals surface area (Å²) in [5.74, 6) is 0.594. The van der Waals surface area contributed by atoms with Crippen molar-refractivity contribution in [3.05, 3.63) is 77.1 Å². The number of benzene rings is 2. The number of rotatable bonds is 3. The lowest BCUT2D eigenvalue weighted by molar-refractivity contribution is -0.0756. The van der Waals surface area contributed by atoms with Crippen molar-refractivity contribution in [3.8, 4) is 5.75 Å². The molecule has 2 aromatic carbocycles. The van der Waals surface area contributed by atoms with Crippen molar-refractivity contribution >= 4 is 0 Å². The number of nitrogens with zero attached hydrogens (tertiary/aromatic N) is 1. The summed E-state index contributed by atoms with van der Waals surface area (Å²) in [6, 6.07) is 14.2. The summed E-state index contributed by atoms with van der Waals surface area (Å²) < 4.78 is 27.4. The molecule has 2 aliphatic heterocycles. The molecule has 2 bridgehead atoms. The van der Waals surface area contributed by atoms with Crippen molar-refractivity contribution in [1.29, 1.82) is 0 Å². The zero-order valence-corrected chi connectivity index (χ0v) is 16.0. The first-order valence-corrected chi connectivity index (χ1v) is 10.2. The Labute approximate surface area is 164 Å². The molecule has 4 aliphatic rings. The Balaban J connectivity index is 1.43. The van der Waals surface area contributed by atoms with Gasteiger partial charge in [0.1, 0.15) is 12.2 Å². The molecule has 1 saturated heterocycles. The van der Waals surface area contributed by atoms with E-state index in [4.69, 9.17) is 9.47 Å². The highest BCUT2D eigenvalue weighted by Crippen LogP contribution is 2.61. The lowest BCUT2D eigenvalue weighted by Crippen LogP contribution is -2.65. The van der Waals surface area contributed by atoms with Gasteiger partial charge in [0.2, 0.25) is 0 Å². The third-order valence-corrected chi connectivity index (χ3v) is 7.39. The summed E-state index contributed by atoms with van der Waals surface area (Å²) in [4.78, 5) is 2.47. The highest BCUT2D eigenvalue weighted by Gasteiger charge is 2.64. The van der Waals surface area contributed by atoms with E-state index >= 15 is 0 Å². The van der Waals surface area contributed by atoms with Gasteiger partial charge in [0.15, 0.2) is 11.6 Å². The highest BCUT2D eigenvalue weighted by atomic mass is 19.1. The van der Waals surface area contributed by atoms with Crippen molar-refractivity contribution in [2.75, 3.05) is 13.6 Å². The standard InChI is InChI=1S/C24H24FNO2/c1-26-12-11-24-17-8-10-20(27-14-15-5-3-2-4-6-15)23(24)28-22-18(25)9-7-16(21(22)24)13-19(17)26/h2-10,17,19-20,23H,11-14H2,1H3. The first-order valence-electron chi connectivity index (χ1n) is 10.2. The first kappa shape index (κ1) is 16.8. The second kappa shape index (κ2) is 5.91. The van der Waals surface area contributed by atoms with Crippen LogP contribution in [0.5, 0.6) is 5.75 Å². The van der Waals surface area contributed by atoms with Crippen LogP contribution in [0.4, 0.5) is 4.39 Å². The summed E-state index contributed by atoms with van der Waals surface area (Å²) in [6.07, 6.45) is 6.11. The van der Waals surface area contributed by atoms with Crippen molar-refractivity contribution < 1.29 is 13.9 Å². The van der Waals surface area contributed by atoms with Gasteiger partial charge in [-0.2, -0.15) is 0 Å². The van der Waals surface area contributed by atoms with E-state index in [9.17, 15) is 4.39 Å². The predicted octanol–water partition coefficient (Wildman–Crippen LogP) is 3.86. The Morgan fingerprint density at radius 2 is 2.04 bits per heavy atom. The van der Waals surface area contributed by atoms with E-state index in [2.05, 4.69) is 36.2 Å². The quantitative estimate of drug-likeness (QED) is 0.759. The van der Waals surface area contributed by atoms with Crippen LogP contribution in [0.15, 0.2) is 54.6 Å². The van der Waals surface area contributed by atoms with Gasteiger partial charge in [-0.3, -0.25) is 0 Å². The minimum Gasteiger partial charge on any atom is -0.483 e. The molecule has 2 aliphatic carbocycles. The summed E-state index contributed by atoms with van der Waals surface area (Å²) in [5.41, 5.74) is 3.36. The Kier molecular flexibility index (Phi) is 3.54. The smallest absolute Gasteiger partial charge is 0.165 e. The maximum absolute atomic E-state index is 14.7. The molecule has 0 radical (unpaired) electrons. The average molecular weight is 377 g/mol. The van der Waals surface area contributed by atoms with Crippen molar-refractivity contribution in [2.24, 2.45) is 5.92 Å². The summed E-state index contributed by atoms with van der Waals surface area (Å²) in [5, 5.41) is 0. The topological polar surface area (TPSA) is 21.7 Å². The van der Waals surface area contributed by atoms with Gasteiger partial charge in [0, 0.05) is 22.9 Å². The third kappa shape index (κ3) is 2.10. The number of piperidine rings is 1. The molecule has 2 heterocycles. The maximum atomic E-state index is 14.7. The molecule has 0 saturated carbocycles. The fourth-order valence-corrected chi connectivity index (χ4v) is 6.11.